The van der Waals surface area contributed by atoms with Crippen molar-refractivity contribution < 1.29 is 27.5 Å². The predicted octanol–water partition coefficient (Wildman–Crippen LogP) is 6.91. The van der Waals surface area contributed by atoms with Crippen molar-refractivity contribution in [3.63, 3.8) is 0 Å². The molecule has 0 saturated heterocycles. The first-order valence-electron chi connectivity index (χ1n) is 14.4. The van der Waals surface area contributed by atoms with Gasteiger partial charge in [0.05, 0.1) is 24.3 Å². The Morgan fingerprint density at radius 2 is 1.83 bits per heavy atom. The zero-order valence-electron chi connectivity index (χ0n) is 24.6. The monoisotopic (exact) mass is 582 g/mol. The number of hydrogen-bond acceptors (Lipinski definition) is 5. The number of esters is 1. The molecule has 1 aromatic heterocycles. The second-order valence-corrected chi connectivity index (χ2v) is 12.4. The van der Waals surface area contributed by atoms with Crippen molar-refractivity contribution in [3.8, 4) is 11.3 Å². The Bertz CT molecular complexity index is 1500. The first-order valence-corrected chi connectivity index (χ1v) is 14.4. The minimum atomic E-state index is -4.42. The van der Waals surface area contributed by atoms with E-state index in [2.05, 4.69) is 48.5 Å². The fourth-order valence-electron chi connectivity index (χ4n) is 7.35. The number of nitrogens with zero attached hydrogens (tertiary/aromatic N) is 3. The molecule has 0 spiro atoms. The number of nitrogens with one attached hydrogen (secondary N) is 1. The number of ether oxygens (including phenoxy) is 1. The highest BCUT2D eigenvalue weighted by Gasteiger charge is 2.56. The molecular formula is C32H37F3N4O3. The van der Waals surface area contributed by atoms with Crippen LogP contribution in [0, 0.1) is 11.3 Å². The Morgan fingerprint density at radius 1 is 1.12 bits per heavy atom. The lowest BCUT2D eigenvalue weighted by Gasteiger charge is -2.54. The number of anilines is 1. The molecule has 1 fully saturated rings. The van der Waals surface area contributed by atoms with Crippen LogP contribution >= 0.6 is 0 Å². The van der Waals surface area contributed by atoms with E-state index in [4.69, 9.17) is 4.74 Å². The molecule has 2 aromatic carbocycles. The molecule has 3 atom stereocenters. The molecular weight excluding hydrogens is 545 g/mol. The molecule has 2 aliphatic carbocycles. The van der Waals surface area contributed by atoms with Crippen LogP contribution < -0.4 is 5.32 Å². The molecule has 1 heterocycles. The third-order valence-electron chi connectivity index (χ3n) is 9.46. The quantitative estimate of drug-likeness (QED) is 0.319. The largest absolute Gasteiger partial charge is 0.469 e. The van der Waals surface area contributed by atoms with E-state index >= 15 is 0 Å². The summed E-state index contributed by atoms with van der Waals surface area (Å²) in [7, 11) is 1.46. The van der Waals surface area contributed by atoms with E-state index in [0.717, 1.165) is 61.1 Å². The Hall–Kier alpha value is -3.69. The van der Waals surface area contributed by atoms with Crippen LogP contribution in [0.5, 0.6) is 0 Å². The molecule has 1 amide bonds. The molecule has 5 rings (SSSR count). The first-order chi connectivity index (χ1) is 19.8. The number of carbonyl (C=O) groups excluding carboxylic acids is 2. The Kier molecular flexibility index (Phi) is 7.70. The maximum Gasteiger partial charge on any atom is 0.416 e. The van der Waals surface area contributed by atoms with Gasteiger partial charge < -0.3 is 10.1 Å². The summed E-state index contributed by atoms with van der Waals surface area (Å²) in [5.41, 5.74) is 3.48. The number of fused-ring (bicyclic) bond motifs is 3. The van der Waals surface area contributed by atoms with Crippen molar-refractivity contribution in [2.75, 3.05) is 12.4 Å². The number of benzene rings is 2. The van der Waals surface area contributed by atoms with Gasteiger partial charge in [-0.25, -0.2) is 4.68 Å². The average Bonchev–Trinajstić information content (AvgIpc) is 3.40. The maximum atomic E-state index is 13.4. The second kappa shape index (κ2) is 10.9. The van der Waals surface area contributed by atoms with Crippen LogP contribution in [0.4, 0.5) is 18.9 Å². The molecule has 0 aliphatic heterocycles. The Balaban J connectivity index is 1.40. The molecule has 7 nitrogen and oxygen atoms in total. The molecule has 42 heavy (non-hydrogen) atoms. The lowest BCUT2D eigenvalue weighted by molar-refractivity contribution is -0.161. The zero-order chi connectivity index (χ0) is 30.4. The molecule has 0 radical (unpaired) electrons. The van der Waals surface area contributed by atoms with Crippen molar-refractivity contribution >= 4 is 17.6 Å². The second-order valence-electron chi connectivity index (χ2n) is 12.4. The van der Waals surface area contributed by atoms with E-state index in [0.29, 0.717) is 11.3 Å². The van der Waals surface area contributed by atoms with Crippen LogP contribution in [0.2, 0.25) is 0 Å². The first kappa shape index (κ1) is 29.8. The molecule has 3 aromatic rings. The fourth-order valence-corrected chi connectivity index (χ4v) is 7.35. The number of halogens is 3. The summed E-state index contributed by atoms with van der Waals surface area (Å²) in [6.07, 6.45) is 1.36. The Morgan fingerprint density at radius 3 is 2.48 bits per heavy atom. The van der Waals surface area contributed by atoms with Gasteiger partial charge in [0.25, 0.3) is 0 Å². The summed E-state index contributed by atoms with van der Waals surface area (Å²) < 4.78 is 45.4. The summed E-state index contributed by atoms with van der Waals surface area (Å²) in [5, 5.41) is 11.3. The number of rotatable bonds is 6. The van der Waals surface area contributed by atoms with Gasteiger partial charge in [0.2, 0.25) is 5.91 Å². The molecule has 10 heteroatoms. The lowest BCUT2D eigenvalue weighted by atomic mass is 9.49. The van der Waals surface area contributed by atoms with Gasteiger partial charge in [-0.15, -0.1) is 5.10 Å². The zero-order valence-corrected chi connectivity index (χ0v) is 24.6. The van der Waals surface area contributed by atoms with Crippen molar-refractivity contribution in [1.82, 2.24) is 15.0 Å². The van der Waals surface area contributed by atoms with Gasteiger partial charge in [0.1, 0.15) is 12.2 Å². The van der Waals surface area contributed by atoms with Crippen LogP contribution in [-0.2, 0) is 38.9 Å². The summed E-state index contributed by atoms with van der Waals surface area (Å²) in [6.45, 7) is 8.36. The molecule has 1 saturated carbocycles. The van der Waals surface area contributed by atoms with Gasteiger partial charge in [0.15, 0.2) is 0 Å². The smallest absolute Gasteiger partial charge is 0.416 e. The van der Waals surface area contributed by atoms with Crippen molar-refractivity contribution in [1.29, 1.82) is 0 Å². The van der Waals surface area contributed by atoms with Crippen molar-refractivity contribution in [3.05, 3.63) is 64.8 Å². The van der Waals surface area contributed by atoms with Crippen LogP contribution in [0.1, 0.15) is 81.5 Å². The van der Waals surface area contributed by atoms with E-state index in [1.165, 1.54) is 29.5 Å². The van der Waals surface area contributed by atoms with Gasteiger partial charge in [-0.3, -0.25) is 9.59 Å². The number of methoxy groups -OCH3 is 1. The number of carbonyl (C=O) groups is 2. The SMILES string of the molecule is COC(=O)[C@]1(C)CCC[C@]2(C)c3ccc(C(C)C)c(NC(=O)Cn4cc(-c5ccc(C(F)(F)F)cc5)nn4)c3CC[C@@H]12. The predicted molar refractivity (Wildman–Crippen MR) is 153 cm³/mol. The number of alkyl halides is 3. The van der Waals surface area contributed by atoms with Crippen LogP contribution in [-0.4, -0.2) is 34.0 Å². The molecule has 0 unspecified atom stereocenters. The van der Waals surface area contributed by atoms with Crippen molar-refractivity contribution in [2.24, 2.45) is 11.3 Å². The lowest BCUT2D eigenvalue weighted by Crippen LogP contribution is -2.52. The van der Waals surface area contributed by atoms with Gasteiger partial charge >= 0.3 is 12.1 Å². The maximum absolute atomic E-state index is 13.4. The fraction of sp³-hybridized carbons (Fsp3) is 0.500. The summed E-state index contributed by atoms with van der Waals surface area (Å²) in [5.74, 6) is -0.131. The highest BCUT2D eigenvalue weighted by atomic mass is 19.4. The summed E-state index contributed by atoms with van der Waals surface area (Å²) >= 11 is 0. The molecule has 0 bridgehead atoms. The number of hydrogen-bond donors (Lipinski definition) is 1. The Labute approximate surface area is 243 Å². The summed E-state index contributed by atoms with van der Waals surface area (Å²) in [4.78, 5) is 26.3. The third kappa shape index (κ3) is 5.20. The van der Waals surface area contributed by atoms with E-state index < -0.39 is 17.2 Å². The van der Waals surface area contributed by atoms with Crippen LogP contribution in [0.15, 0.2) is 42.6 Å². The number of aromatic nitrogens is 3. The van der Waals surface area contributed by atoms with E-state index in [9.17, 15) is 22.8 Å². The summed E-state index contributed by atoms with van der Waals surface area (Å²) in [6, 6.07) is 8.95. The highest BCUT2D eigenvalue weighted by molar-refractivity contribution is 5.93. The molecule has 2 aliphatic rings. The molecule has 1 N–H and O–H groups in total. The van der Waals surface area contributed by atoms with Crippen LogP contribution in [0.3, 0.4) is 0 Å². The highest BCUT2D eigenvalue weighted by Crippen LogP contribution is 2.58. The van der Waals surface area contributed by atoms with Crippen molar-refractivity contribution in [2.45, 2.75) is 83.9 Å². The third-order valence-corrected chi connectivity index (χ3v) is 9.46. The molecule has 224 valence electrons. The van der Waals surface area contributed by atoms with E-state index in [1.54, 1.807) is 6.20 Å². The topological polar surface area (TPSA) is 86.1 Å². The van der Waals surface area contributed by atoms with Crippen LogP contribution in [0.25, 0.3) is 11.3 Å². The van der Waals surface area contributed by atoms with Gasteiger partial charge in [-0.1, -0.05) is 56.7 Å². The average molecular weight is 583 g/mol. The normalized spacial score (nSPS) is 23.7. The standard InChI is InChI=1S/C32H37F3N4O3/c1-19(2)22-11-13-24-23(12-14-26-30(24,3)15-6-16-31(26,4)29(41)42-5)28(22)36-27(40)18-39-17-25(37-38-39)20-7-9-21(10-8-20)32(33,34)35/h7-11,13,17,19,26H,6,12,14-16,18H2,1-5H3,(H,36,40)/t26-,30-,31-/m1/s1. The van der Waals surface area contributed by atoms with Gasteiger partial charge in [0, 0.05) is 11.3 Å². The van der Waals surface area contributed by atoms with E-state index in [-0.39, 0.29) is 35.7 Å². The van der Waals surface area contributed by atoms with E-state index in [1.807, 2.05) is 6.92 Å². The minimum Gasteiger partial charge on any atom is -0.469 e. The van der Waals surface area contributed by atoms with Gasteiger partial charge in [-0.05, 0) is 78.7 Å². The number of amides is 1. The van der Waals surface area contributed by atoms with Gasteiger partial charge in [-0.2, -0.15) is 13.2 Å². The minimum absolute atomic E-state index is 0.102.